The monoisotopic (exact) mass is 448 g/mol. The molecule has 0 aliphatic carbocycles. The van der Waals surface area contributed by atoms with E-state index in [0.29, 0.717) is 35.1 Å². The molecule has 8 heteroatoms. The van der Waals surface area contributed by atoms with Crippen molar-refractivity contribution in [3.63, 3.8) is 0 Å². The predicted molar refractivity (Wildman–Crippen MR) is 125 cm³/mol. The Bertz CT molecular complexity index is 1200. The standard InChI is InChI=1S/C25H28N4O4/c1-16-6-8-18(9-7-16)14-26-24(31)25(3)15-28-21(12-17(2)27-28)23(30)29(25)20-11-10-19(32-4)13-22(20)33-5/h6-13H,14-15H2,1-5H3,(H,26,31)/t25-/m0/s1. The van der Waals surface area contributed by atoms with E-state index in [1.165, 1.54) is 12.0 Å². The van der Waals surface area contributed by atoms with Gasteiger partial charge in [-0.05, 0) is 44.5 Å². The maximum absolute atomic E-state index is 13.7. The summed E-state index contributed by atoms with van der Waals surface area (Å²) < 4.78 is 12.5. The minimum absolute atomic E-state index is 0.205. The van der Waals surface area contributed by atoms with Crippen LogP contribution in [0.1, 0.15) is 34.2 Å². The maximum atomic E-state index is 13.7. The molecule has 1 aliphatic rings. The van der Waals surface area contributed by atoms with Crippen molar-refractivity contribution in [3.8, 4) is 11.5 Å². The number of hydrogen-bond donors (Lipinski definition) is 1. The Balaban J connectivity index is 1.75. The van der Waals surface area contributed by atoms with Crippen molar-refractivity contribution < 1.29 is 19.1 Å². The number of aryl methyl sites for hydroxylation is 2. The number of fused-ring (bicyclic) bond motifs is 1. The van der Waals surface area contributed by atoms with Crippen molar-refractivity contribution in [2.24, 2.45) is 0 Å². The summed E-state index contributed by atoms with van der Waals surface area (Å²) in [4.78, 5) is 28.8. The lowest BCUT2D eigenvalue weighted by Crippen LogP contribution is -2.64. The Kier molecular flexibility index (Phi) is 5.84. The molecule has 1 atom stereocenters. The van der Waals surface area contributed by atoms with Crippen molar-refractivity contribution in [1.29, 1.82) is 0 Å². The first kappa shape index (κ1) is 22.4. The van der Waals surface area contributed by atoms with Crippen molar-refractivity contribution in [2.75, 3.05) is 19.1 Å². The third kappa shape index (κ3) is 4.04. The van der Waals surface area contributed by atoms with Crippen LogP contribution in [0.3, 0.4) is 0 Å². The van der Waals surface area contributed by atoms with Crippen molar-refractivity contribution in [2.45, 2.75) is 39.4 Å². The van der Waals surface area contributed by atoms with Gasteiger partial charge >= 0.3 is 0 Å². The van der Waals surface area contributed by atoms with Gasteiger partial charge in [0.15, 0.2) is 0 Å². The number of carbonyl (C=O) groups excluding carboxylic acids is 2. The van der Waals surface area contributed by atoms with Crippen LogP contribution in [-0.2, 0) is 17.9 Å². The number of nitrogens with zero attached hydrogens (tertiary/aromatic N) is 3. The molecule has 0 radical (unpaired) electrons. The van der Waals surface area contributed by atoms with E-state index >= 15 is 0 Å². The number of aromatic nitrogens is 2. The second-order valence-electron chi connectivity index (χ2n) is 8.45. The zero-order chi connectivity index (χ0) is 23.8. The average molecular weight is 449 g/mol. The molecule has 1 aromatic heterocycles. The van der Waals surface area contributed by atoms with E-state index in [1.54, 1.807) is 43.0 Å². The molecule has 1 aliphatic heterocycles. The van der Waals surface area contributed by atoms with Crippen LogP contribution in [0, 0.1) is 13.8 Å². The highest BCUT2D eigenvalue weighted by Gasteiger charge is 2.49. The van der Waals surface area contributed by atoms with Crippen molar-refractivity contribution in [1.82, 2.24) is 15.1 Å². The zero-order valence-corrected chi connectivity index (χ0v) is 19.5. The fourth-order valence-electron chi connectivity index (χ4n) is 4.14. The van der Waals surface area contributed by atoms with Gasteiger partial charge in [-0.2, -0.15) is 5.10 Å². The number of rotatable bonds is 6. The van der Waals surface area contributed by atoms with E-state index in [4.69, 9.17) is 9.47 Å². The van der Waals surface area contributed by atoms with Gasteiger partial charge < -0.3 is 14.8 Å². The van der Waals surface area contributed by atoms with E-state index < -0.39 is 5.54 Å². The molecule has 0 unspecified atom stereocenters. The molecule has 0 saturated carbocycles. The van der Waals surface area contributed by atoms with Crippen LogP contribution in [0.15, 0.2) is 48.5 Å². The minimum atomic E-state index is -1.24. The lowest BCUT2D eigenvalue weighted by atomic mass is 9.93. The van der Waals surface area contributed by atoms with Gasteiger partial charge in [-0.25, -0.2) is 0 Å². The Morgan fingerprint density at radius 2 is 1.82 bits per heavy atom. The van der Waals surface area contributed by atoms with E-state index in [9.17, 15) is 9.59 Å². The first-order chi connectivity index (χ1) is 15.8. The van der Waals surface area contributed by atoms with Gasteiger partial charge in [0.05, 0.1) is 32.1 Å². The molecular weight excluding hydrogens is 420 g/mol. The van der Waals surface area contributed by atoms with Crippen LogP contribution >= 0.6 is 0 Å². The van der Waals surface area contributed by atoms with Gasteiger partial charge in [-0.3, -0.25) is 19.2 Å². The molecule has 0 saturated heterocycles. The van der Waals surface area contributed by atoms with Crippen molar-refractivity contribution in [3.05, 3.63) is 71.0 Å². The molecule has 2 heterocycles. The molecule has 4 rings (SSSR count). The van der Waals surface area contributed by atoms with Crippen LogP contribution in [0.25, 0.3) is 0 Å². The number of amides is 2. The number of ether oxygens (including phenoxy) is 2. The first-order valence-corrected chi connectivity index (χ1v) is 10.7. The summed E-state index contributed by atoms with van der Waals surface area (Å²) in [5.41, 5.74) is 2.51. The fraction of sp³-hybridized carbons (Fsp3) is 0.320. The smallest absolute Gasteiger partial charge is 0.277 e. The SMILES string of the molecule is COc1ccc(N2C(=O)c3cc(C)nn3C[C@@]2(C)C(=O)NCc2ccc(C)cc2)c(OC)c1. The minimum Gasteiger partial charge on any atom is -0.497 e. The van der Waals surface area contributed by atoms with Crippen LogP contribution in [0.5, 0.6) is 11.5 Å². The number of carbonyl (C=O) groups is 2. The van der Waals surface area contributed by atoms with Gasteiger partial charge in [0.25, 0.3) is 5.91 Å². The summed E-state index contributed by atoms with van der Waals surface area (Å²) in [7, 11) is 3.08. The average Bonchev–Trinajstić information content (AvgIpc) is 3.18. The summed E-state index contributed by atoms with van der Waals surface area (Å²) in [5, 5.41) is 7.45. The molecule has 0 fully saturated rings. The van der Waals surface area contributed by atoms with Crippen LogP contribution in [0.2, 0.25) is 0 Å². The molecule has 8 nitrogen and oxygen atoms in total. The molecular formula is C25H28N4O4. The molecule has 0 bridgehead atoms. The number of methoxy groups -OCH3 is 2. The molecule has 1 N–H and O–H groups in total. The van der Waals surface area contributed by atoms with Crippen molar-refractivity contribution >= 4 is 17.5 Å². The quantitative estimate of drug-likeness (QED) is 0.626. The molecule has 2 amide bonds. The number of benzene rings is 2. The van der Waals surface area contributed by atoms with Crippen LogP contribution in [0.4, 0.5) is 5.69 Å². The third-order valence-corrected chi connectivity index (χ3v) is 5.97. The lowest BCUT2D eigenvalue weighted by molar-refractivity contribution is -0.126. The second-order valence-corrected chi connectivity index (χ2v) is 8.45. The van der Waals surface area contributed by atoms with Gasteiger partial charge in [-0.1, -0.05) is 29.8 Å². The number of nitrogens with one attached hydrogen (secondary N) is 1. The molecule has 3 aromatic rings. The number of hydrogen-bond acceptors (Lipinski definition) is 5. The molecule has 33 heavy (non-hydrogen) atoms. The van der Waals surface area contributed by atoms with Crippen LogP contribution < -0.4 is 19.7 Å². The Morgan fingerprint density at radius 3 is 2.48 bits per heavy atom. The zero-order valence-electron chi connectivity index (χ0n) is 19.5. The highest BCUT2D eigenvalue weighted by Crippen LogP contribution is 2.39. The Hall–Kier alpha value is -3.81. The maximum Gasteiger partial charge on any atom is 0.277 e. The van der Waals surface area contributed by atoms with Gasteiger partial charge in [0, 0.05) is 12.6 Å². The predicted octanol–water partition coefficient (Wildman–Crippen LogP) is 3.25. The van der Waals surface area contributed by atoms with Crippen LogP contribution in [-0.4, -0.2) is 41.4 Å². The van der Waals surface area contributed by atoms with E-state index in [0.717, 1.165) is 11.1 Å². The lowest BCUT2D eigenvalue weighted by Gasteiger charge is -2.43. The summed E-state index contributed by atoms with van der Waals surface area (Å²) in [6, 6.07) is 14.9. The molecule has 172 valence electrons. The largest absolute Gasteiger partial charge is 0.497 e. The summed E-state index contributed by atoms with van der Waals surface area (Å²) >= 11 is 0. The highest BCUT2D eigenvalue weighted by molar-refractivity contribution is 6.12. The van der Waals surface area contributed by atoms with Gasteiger partial charge in [-0.15, -0.1) is 0 Å². The normalized spacial score (nSPS) is 17.5. The highest BCUT2D eigenvalue weighted by atomic mass is 16.5. The van der Waals surface area contributed by atoms with E-state index in [2.05, 4.69) is 10.4 Å². The van der Waals surface area contributed by atoms with E-state index in [-0.39, 0.29) is 18.4 Å². The molecule has 2 aromatic carbocycles. The van der Waals surface area contributed by atoms with E-state index in [1.807, 2.05) is 38.1 Å². The number of anilines is 1. The Morgan fingerprint density at radius 1 is 1.09 bits per heavy atom. The molecule has 0 spiro atoms. The summed E-state index contributed by atoms with van der Waals surface area (Å²) in [6.45, 7) is 6.14. The van der Waals surface area contributed by atoms with Gasteiger partial charge in [0.1, 0.15) is 22.7 Å². The third-order valence-electron chi connectivity index (χ3n) is 5.97. The second kappa shape index (κ2) is 8.61. The summed E-state index contributed by atoms with van der Waals surface area (Å²) in [6.07, 6.45) is 0. The Labute approximate surface area is 193 Å². The van der Waals surface area contributed by atoms with Gasteiger partial charge in [0.2, 0.25) is 5.91 Å². The summed E-state index contributed by atoms with van der Waals surface area (Å²) in [5.74, 6) is 0.419. The fourth-order valence-corrected chi connectivity index (χ4v) is 4.14. The first-order valence-electron chi connectivity index (χ1n) is 10.7. The topological polar surface area (TPSA) is 85.7 Å².